The van der Waals surface area contributed by atoms with Gasteiger partial charge in [0.1, 0.15) is 11.5 Å². The Hall–Kier alpha value is -3.02. The average molecular weight is 343 g/mol. The number of nitrogens with one attached hydrogen (secondary N) is 1. The number of rotatable bonds is 6. The van der Waals surface area contributed by atoms with E-state index in [4.69, 9.17) is 14.6 Å². The Morgan fingerprint density at radius 3 is 2.28 bits per heavy atom. The largest absolute Gasteiger partial charge is 0.495 e. The highest BCUT2D eigenvalue weighted by Gasteiger charge is 2.15. The van der Waals surface area contributed by atoms with Gasteiger partial charge in [0, 0.05) is 5.56 Å². The van der Waals surface area contributed by atoms with Crippen molar-refractivity contribution in [2.45, 2.75) is 20.8 Å². The van der Waals surface area contributed by atoms with Crippen LogP contribution >= 0.6 is 0 Å². The minimum Gasteiger partial charge on any atom is -0.495 e. The molecule has 0 unspecified atom stereocenters. The molecule has 0 aliphatic carbocycles. The Balaban J connectivity index is 2.27. The lowest BCUT2D eigenvalue weighted by Gasteiger charge is -2.15. The summed E-state index contributed by atoms with van der Waals surface area (Å²) in [7, 11) is 1.55. The molecule has 25 heavy (non-hydrogen) atoms. The van der Waals surface area contributed by atoms with Crippen molar-refractivity contribution in [1.82, 2.24) is 0 Å². The van der Waals surface area contributed by atoms with E-state index in [9.17, 15) is 9.59 Å². The first-order valence-corrected chi connectivity index (χ1v) is 7.74. The van der Waals surface area contributed by atoms with Gasteiger partial charge in [0.05, 0.1) is 12.8 Å². The van der Waals surface area contributed by atoms with Crippen molar-refractivity contribution in [1.29, 1.82) is 0 Å². The van der Waals surface area contributed by atoms with Gasteiger partial charge < -0.3 is 19.9 Å². The fourth-order valence-corrected chi connectivity index (χ4v) is 2.60. The van der Waals surface area contributed by atoms with Crippen LogP contribution in [0.2, 0.25) is 0 Å². The zero-order chi connectivity index (χ0) is 18.6. The summed E-state index contributed by atoms with van der Waals surface area (Å²) in [5.74, 6) is -0.258. The molecule has 0 aliphatic heterocycles. The van der Waals surface area contributed by atoms with Crippen LogP contribution < -0.4 is 14.8 Å². The monoisotopic (exact) mass is 343 g/mol. The molecule has 132 valence electrons. The number of amides is 1. The van der Waals surface area contributed by atoms with Crippen molar-refractivity contribution >= 4 is 17.6 Å². The molecule has 0 aromatic heterocycles. The van der Waals surface area contributed by atoms with Crippen molar-refractivity contribution in [3.05, 3.63) is 52.6 Å². The number of anilines is 1. The molecule has 2 rings (SSSR count). The highest BCUT2D eigenvalue weighted by atomic mass is 16.5. The maximum atomic E-state index is 12.6. The number of carboxylic acids is 1. The molecular weight excluding hydrogens is 322 g/mol. The third-order valence-electron chi connectivity index (χ3n) is 3.76. The summed E-state index contributed by atoms with van der Waals surface area (Å²) in [6.07, 6.45) is 0. The van der Waals surface area contributed by atoms with E-state index in [0.717, 1.165) is 5.56 Å². The van der Waals surface area contributed by atoms with Crippen molar-refractivity contribution in [3.63, 3.8) is 0 Å². The van der Waals surface area contributed by atoms with Gasteiger partial charge in [-0.1, -0.05) is 12.1 Å². The van der Waals surface area contributed by atoms with Crippen LogP contribution in [0, 0.1) is 20.8 Å². The lowest BCUT2D eigenvalue weighted by molar-refractivity contribution is -0.139. The summed E-state index contributed by atoms with van der Waals surface area (Å²) in [6.45, 7) is 5.01. The smallest absolute Gasteiger partial charge is 0.341 e. The molecule has 0 bridgehead atoms. The summed E-state index contributed by atoms with van der Waals surface area (Å²) in [5.41, 5.74) is 3.37. The number of hydrogen-bond donors (Lipinski definition) is 2. The van der Waals surface area contributed by atoms with E-state index >= 15 is 0 Å². The summed E-state index contributed by atoms with van der Waals surface area (Å²) in [5, 5.41) is 11.6. The van der Waals surface area contributed by atoms with E-state index < -0.39 is 12.6 Å². The van der Waals surface area contributed by atoms with Gasteiger partial charge in [-0.25, -0.2) is 4.79 Å². The topological polar surface area (TPSA) is 84.9 Å². The molecule has 0 spiro atoms. The SMILES string of the molecule is COc1cccc(C)c1NC(=O)c1cc(C)c(OCC(=O)O)c(C)c1. The van der Waals surface area contributed by atoms with Crippen LogP contribution in [0.15, 0.2) is 30.3 Å². The number of hydrogen-bond acceptors (Lipinski definition) is 4. The van der Waals surface area contributed by atoms with Gasteiger partial charge in [0.25, 0.3) is 5.91 Å². The first-order chi connectivity index (χ1) is 11.8. The predicted molar refractivity (Wildman–Crippen MR) is 94.7 cm³/mol. The molecule has 2 aromatic rings. The zero-order valence-corrected chi connectivity index (χ0v) is 14.7. The number of carbonyl (C=O) groups is 2. The Bertz CT molecular complexity index is 790. The van der Waals surface area contributed by atoms with Gasteiger partial charge in [-0.15, -0.1) is 0 Å². The van der Waals surface area contributed by atoms with E-state index in [1.807, 2.05) is 19.1 Å². The van der Waals surface area contributed by atoms with Crippen LogP contribution in [0.5, 0.6) is 11.5 Å². The van der Waals surface area contributed by atoms with E-state index in [0.29, 0.717) is 33.9 Å². The third kappa shape index (κ3) is 4.29. The Morgan fingerprint density at radius 2 is 1.72 bits per heavy atom. The summed E-state index contributed by atoms with van der Waals surface area (Å²) < 4.78 is 10.6. The first kappa shape index (κ1) is 18.3. The molecule has 0 saturated heterocycles. The number of aliphatic carboxylic acids is 1. The molecule has 1 amide bonds. The number of para-hydroxylation sites is 1. The maximum absolute atomic E-state index is 12.6. The van der Waals surface area contributed by atoms with Crippen LogP contribution in [-0.2, 0) is 4.79 Å². The van der Waals surface area contributed by atoms with Crippen LogP contribution in [0.1, 0.15) is 27.0 Å². The third-order valence-corrected chi connectivity index (χ3v) is 3.76. The molecule has 2 N–H and O–H groups in total. The van der Waals surface area contributed by atoms with Crippen LogP contribution in [-0.4, -0.2) is 30.7 Å². The molecule has 2 aromatic carbocycles. The normalized spacial score (nSPS) is 10.2. The fraction of sp³-hybridized carbons (Fsp3) is 0.263. The molecule has 6 heteroatoms. The van der Waals surface area contributed by atoms with Gasteiger partial charge in [0.15, 0.2) is 6.61 Å². The van der Waals surface area contributed by atoms with Gasteiger partial charge in [0.2, 0.25) is 0 Å². The van der Waals surface area contributed by atoms with E-state index in [1.54, 1.807) is 39.2 Å². The molecule has 0 radical (unpaired) electrons. The fourth-order valence-electron chi connectivity index (χ4n) is 2.60. The number of benzene rings is 2. The number of carboxylic acid groups (broad SMARTS) is 1. The van der Waals surface area contributed by atoms with Crippen molar-refractivity contribution < 1.29 is 24.2 Å². The van der Waals surface area contributed by atoms with Gasteiger partial charge in [-0.05, 0) is 55.7 Å². The van der Waals surface area contributed by atoms with E-state index in [-0.39, 0.29) is 5.91 Å². The number of ether oxygens (including phenoxy) is 2. The molecule has 6 nitrogen and oxygen atoms in total. The Morgan fingerprint density at radius 1 is 1.08 bits per heavy atom. The van der Waals surface area contributed by atoms with Gasteiger partial charge in [-0.2, -0.15) is 0 Å². The van der Waals surface area contributed by atoms with Crippen LogP contribution in [0.4, 0.5) is 5.69 Å². The standard InChI is InChI=1S/C19H21NO5/c1-11-6-5-7-15(24-4)17(11)20-19(23)14-8-12(2)18(13(3)9-14)25-10-16(21)22/h5-9H,10H2,1-4H3,(H,20,23)(H,21,22). The lowest BCUT2D eigenvalue weighted by atomic mass is 10.0. The molecule has 0 saturated carbocycles. The van der Waals surface area contributed by atoms with Gasteiger partial charge >= 0.3 is 5.97 Å². The van der Waals surface area contributed by atoms with Crippen LogP contribution in [0.25, 0.3) is 0 Å². The average Bonchev–Trinajstić information content (AvgIpc) is 2.55. The van der Waals surface area contributed by atoms with Gasteiger partial charge in [-0.3, -0.25) is 4.79 Å². The van der Waals surface area contributed by atoms with E-state index in [2.05, 4.69) is 5.32 Å². The van der Waals surface area contributed by atoms with Crippen molar-refractivity contribution in [2.24, 2.45) is 0 Å². The second-order valence-electron chi connectivity index (χ2n) is 5.73. The van der Waals surface area contributed by atoms with Crippen LogP contribution in [0.3, 0.4) is 0 Å². The highest BCUT2D eigenvalue weighted by molar-refractivity contribution is 6.05. The highest BCUT2D eigenvalue weighted by Crippen LogP contribution is 2.29. The number of aryl methyl sites for hydroxylation is 3. The lowest BCUT2D eigenvalue weighted by Crippen LogP contribution is -2.15. The Kier molecular flexibility index (Phi) is 5.64. The molecule has 0 aliphatic rings. The maximum Gasteiger partial charge on any atom is 0.341 e. The Labute approximate surface area is 146 Å². The first-order valence-electron chi connectivity index (χ1n) is 7.74. The van der Waals surface area contributed by atoms with Crippen molar-refractivity contribution in [3.8, 4) is 11.5 Å². The minimum absolute atomic E-state index is 0.274. The number of methoxy groups -OCH3 is 1. The number of carbonyl (C=O) groups excluding carboxylic acids is 1. The summed E-state index contributed by atoms with van der Waals surface area (Å²) in [6, 6.07) is 8.86. The molecule has 0 atom stereocenters. The summed E-state index contributed by atoms with van der Waals surface area (Å²) in [4.78, 5) is 23.3. The summed E-state index contributed by atoms with van der Waals surface area (Å²) >= 11 is 0. The van der Waals surface area contributed by atoms with E-state index in [1.165, 1.54) is 0 Å². The molecule has 0 fully saturated rings. The molecular formula is C19H21NO5. The molecule has 0 heterocycles. The quantitative estimate of drug-likeness (QED) is 0.840. The van der Waals surface area contributed by atoms with Crippen molar-refractivity contribution in [2.75, 3.05) is 19.0 Å². The predicted octanol–water partition coefficient (Wildman–Crippen LogP) is 3.34. The zero-order valence-electron chi connectivity index (χ0n) is 14.7. The second-order valence-corrected chi connectivity index (χ2v) is 5.73. The minimum atomic E-state index is -1.05. The second kappa shape index (κ2) is 7.70.